The highest BCUT2D eigenvalue weighted by molar-refractivity contribution is 6.23. The molecule has 2 aromatic carbocycles. The summed E-state index contributed by atoms with van der Waals surface area (Å²) in [7, 11) is 0. The van der Waals surface area contributed by atoms with Crippen LogP contribution in [0.2, 0.25) is 0 Å². The molecule has 178 valence electrons. The zero-order valence-electron chi connectivity index (χ0n) is 18.7. The van der Waals surface area contributed by atoms with E-state index in [4.69, 9.17) is 37.9 Å². The molecule has 2 rings (SSSR count). The average Bonchev–Trinajstić information content (AvgIpc) is 2.83. The third kappa shape index (κ3) is 8.39. The van der Waals surface area contributed by atoms with Gasteiger partial charge in [-0.15, -0.1) is 23.2 Å². The predicted molar refractivity (Wildman–Crippen MR) is 132 cm³/mol. The summed E-state index contributed by atoms with van der Waals surface area (Å²) in [5.74, 6) is -0.841. The maximum absolute atomic E-state index is 13.4. The number of hydroxylamine groups is 1. The summed E-state index contributed by atoms with van der Waals surface area (Å²) in [6.07, 6.45) is 1.78. The van der Waals surface area contributed by atoms with Crippen LogP contribution < -0.4 is 9.80 Å². The van der Waals surface area contributed by atoms with Gasteiger partial charge in [-0.05, 0) is 43.0 Å². The number of nitrogens with zero attached hydrogens (tertiary/aromatic N) is 1. The smallest absolute Gasteiger partial charge is 0.303 e. The van der Waals surface area contributed by atoms with E-state index in [1.807, 2.05) is 44.2 Å². The molecular weight excluding hydrogens is 465 g/mol. The lowest BCUT2D eigenvalue weighted by molar-refractivity contribution is -0.137. The van der Waals surface area contributed by atoms with Gasteiger partial charge in [0.15, 0.2) is 0 Å². The first kappa shape index (κ1) is 26.7. The lowest BCUT2D eigenvalue weighted by Crippen LogP contribution is -2.39. The molecule has 0 spiro atoms. The van der Waals surface area contributed by atoms with E-state index >= 15 is 0 Å². The number of alkyl halides is 2. The SMILES string of the molecule is CCC(Cl)C(CCl)ON(C(=O)C=C(C)c1ccccc1)c1ccccc1OCCCC(=O)O. The number of allylic oxidation sites excluding steroid dienone is 1. The Morgan fingerprint density at radius 1 is 1.12 bits per heavy atom. The fraction of sp³-hybridized carbons (Fsp3) is 0.360. The van der Waals surface area contributed by atoms with Gasteiger partial charge in [0.25, 0.3) is 5.91 Å². The Morgan fingerprint density at radius 3 is 2.42 bits per heavy atom. The topological polar surface area (TPSA) is 76.1 Å². The van der Waals surface area contributed by atoms with E-state index in [9.17, 15) is 9.59 Å². The van der Waals surface area contributed by atoms with Crippen molar-refractivity contribution in [2.45, 2.75) is 44.6 Å². The Hall–Kier alpha value is -2.54. The molecule has 1 N–H and O–H groups in total. The van der Waals surface area contributed by atoms with E-state index < -0.39 is 23.4 Å². The number of carboxylic acid groups (broad SMARTS) is 1. The molecule has 0 aromatic heterocycles. The van der Waals surface area contributed by atoms with Crippen molar-refractivity contribution in [1.29, 1.82) is 0 Å². The standard InChI is InChI=1S/C25H29Cl2NO5/c1-3-20(27)23(17-26)33-28(24(29)16-18(2)19-10-5-4-6-11-19)21-12-7-8-13-22(21)32-15-9-14-25(30)31/h4-8,10-13,16,20,23H,3,9,14-15,17H2,1-2H3,(H,30,31). The molecular formula is C25H29Cl2NO5. The van der Waals surface area contributed by atoms with Crippen LogP contribution in [0.5, 0.6) is 5.75 Å². The van der Waals surface area contributed by atoms with Gasteiger partial charge in [-0.3, -0.25) is 14.4 Å². The molecule has 0 heterocycles. The number of benzene rings is 2. The molecule has 0 aliphatic heterocycles. The van der Waals surface area contributed by atoms with Crippen LogP contribution >= 0.6 is 23.2 Å². The largest absolute Gasteiger partial charge is 0.491 e. The molecule has 2 atom stereocenters. The van der Waals surface area contributed by atoms with Crippen LogP contribution in [0.4, 0.5) is 5.69 Å². The second-order valence-electron chi connectivity index (χ2n) is 7.36. The van der Waals surface area contributed by atoms with Crippen LogP contribution in [-0.2, 0) is 14.4 Å². The third-order valence-electron chi connectivity index (χ3n) is 4.83. The van der Waals surface area contributed by atoms with Gasteiger partial charge >= 0.3 is 5.97 Å². The van der Waals surface area contributed by atoms with Gasteiger partial charge in [0.05, 0.1) is 17.9 Å². The average molecular weight is 494 g/mol. The quantitative estimate of drug-likeness (QED) is 0.162. The number of hydrogen-bond donors (Lipinski definition) is 1. The number of ether oxygens (including phenoxy) is 1. The molecule has 2 aromatic rings. The lowest BCUT2D eigenvalue weighted by Gasteiger charge is -2.29. The van der Waals surface area contributed by atoms with E-state index in [-0.39, 0.29) is 18.9 Å². The second kappa shape index (κ2) is 13.9. The molecule has 8 heteroatoms. The van der Waals surface area contributed by atoms with Gasteiger partial charge in [-0.1, -0.05) is 49.4 Å². The number of carbonyl (C=O) groups is 2. The first-order valence-corrected chi connectivity index (χ1v) is 11.7. The number of carboxylic acids is 1. The Morgan fingerprint density at radius 2 is 1.79 bits per heavy atom. The van der Waals surface area contributed by atoms with Crippen molar-refractivity contribution >= 4 is 46.3 Å². The predicted octanol–water partition coefficient (Wildman–Crippen LogP) is 5.92. The second-order valence-corrected chi connectivity index (χ2v) is 8.23. The molecule has 33 heavy (non-hydrogen) atoms. The van der Waals surface area contributed by atoms with Crippen molar-refractivity contribution in [2.75, 3.05) is 17.6 Å². The van der Waals surface area contributed by atoms with Crippen LogP contribution in [0.1, 0.15) is 38.7 Å². The lowest BCUT2D eigenvalue weighted by atomic mass is 10.1. The van der Waals surface area contributed by atoms with Crippen LogP contribution in [0, 0.1) is 0 Å². The Balaban J connectivity index is 2.37. The molecule has 2 unspecified atom stereocenters. The summed E-state index contributed by atoms with van der Waals surface area (Å²) in [5, 5.41) is 9.59. The Labute approximate surface area is 204 Å². The highest BCUT2D eigenvalue weighted by atomic mass is 35.5. The molecule has 0 aliphatic carbocycles. The molecule has 0 aliphatic rings. The van der Waals surface area contributed by atoms with Crippen molar-refractivity contribution in [2.24, 2.45) is 0 Å². The summed E-state index contributed by atoms with van der Waals surface area (Å²) in [6, 6.07) is 16.4. The Bertz CT molecular complexity index is 935. The van der Waals surface area contributed by atoms with Gasteiger partial charge in [-0.2, -0.15) is 5.06 Å². The molecule has 0 fully saturated rings. The maximum atomic E-state index is 13.4. The fourth-order valence-electron chi connectivity index (χ4n) is 3.00. The summed E-state index contributed by atoms with van der Waals surface area (Å²) in [5.41, 5.74) is 2.04. The normalized spacial score (nSPS) is 13.3. The van der Waals surface area contributed by atoms with E-state index in [0.29, 0.717) is 24.3 Å². The minimum absolute atomic E-state index is 0.0148. The Kier molecular flexibility index (Phi) is 11.2. The summed E-state index contributed by atoms with van der Waals surface area (Å²) >= 11 is 12.5. The van der Waals surface area contributed by atoms with Crippen LogP contribution in [-0.4, -0.2) is 41.0 Å². The van der Waals surface area contributed by atoms with Gasteiger partial charge in [0.1, 0.15) is 17.5 Å². The van der Waals surface area contributed by atoms with Crippen molar-refractivity contribution < 1.29 is 24.3 Å². The van der Waals surface area contributed by atoms with Crippen LogP contribution in [0.25, 0.3) is 5.57 Å². The summed E-state index contributed by atoms with van der Waals surface area (Å²) in [4.78, 5) is 30.2. The first-order chi connectivity index (χ1) is 15.9. The number of anilines is 1. The number of carbonyl (C=O) groups excluding carboxylic acids is 1. The number of amides is 1. The molecule has 1 amide bonds. The van der Waals surface area contributed by atoms with Gasteiger partial charge in [0, 0.05) is 12.5 Å². The fourth-order valence-corrected chi connectivity index (χ4v) is 3.50. The number of aliphatic carboxylic acids is 1. The number of para-hydroxylation sites is 2. The highest BCUT2D eigenvalue weighted by Crippen LogP contribution is 2.31. The van der Waals surface area contributed by atoms with Crippen molar-refractivity contribution in [3.8, 4) is 5.75 Å². The molecule has 6 nitrogen and oxygen atoms in total. The zero-order valence-corrected chi connectivity index (χ0v) is 20.3. The highest BCUT2D eigenvalue weighted by Gasteiger charge is 2.27. The zero-order chi connectivity index (χ0) is 24.2. The minimum Gasteiger partial charge on any atom is -0.491 e. The summed E-state index contributed by atoms with van der Waals surface area (Å²) < 4.78 is 5.79. The maximum Gasteiger partial charge on any atom is 0.303 e. The summed E-state index contributed by atoms with van der Waals surface area (Å²) in [6.45, 7) is 3.93. The number of hydrogen-bond acceptors (Lipinski definition) is 4. The van der Waals surface area contributed by atoms with E-state index in [0.717, 1.165) is 16.2 Å². The van der Waals surface area contributed by atoms with Gasteiger partial charge in [-0.25, -0.2) is 0 Å². The molecule has 0 saturated heterocycles. The van der Waals surface area contributed by atoms with Crippen LogP contribution in [0.15, 0.2) is 60.7 Å². The first-order valence-electron chi connectivity index (χ1n) is 10.8. The van der Waals surface area contributed by atoms with Gasteiger partial charge < -0.3 is 9.84 Å². The van der Waals surface area contributed by atoms with Crippen molar-refractivity contribution in [1.82, 2.24) is 0 Å². The van der Waals surface area contributed by atoms with E-state index in [2.05, 4.69) is 0 Å². The van der Waals surface area contributed by atoms with Crippen molar-refractivity contribution in [3.05, 3.63) is 66.2 Å². The van der Waals surface area contributed by atoms with E-state index in [1.54, 1.807) is 24.3 Å². The number of halogens is 2. The van der Waals surface area contributed by atoms with E-state index in [1.165, 1.54) is 6.08 Å². The minimum atomic E-state index is -0.897. The van der Waals surface area contributed by atoms with Crippen LogP contribution in [0.3, 0.4) is 0 Å². The molecule has 0 radical (unpaired) electrons. The monoisotopic (exact) mass is 493 g/mol. The third-order valence-corrected chi connectivity index (χ3v) is 5.73. The molecule has 0 saturated carbocycles. The van der Waals surface area contributed by atoms with Crippen molar-refractivity contribution in [3.63, 3.8) is 0 Å². The molecule has 0 bridgehead atoms. The number of rotatable bonds is 13. The van der Waals surface area contributed by atoms with Gasteiger partial charge in [0.2, 0.25) is 0 Å².